The molecule has 3 heteroatoms. The van der Waals surface area contributed by atoms with Crippen LogP contribution in [0, 0.1) is 6.92 Å². The Morgan fingerprint density at radius 2 is 2.19 bits per heavy atom. The van der Waals surface area contributed by atoms with Crippen LogP contribution in [0.5, 0.6) is 5.75 Å². The summed E-state index contributed by atoms with van der Waals surface area (Å²) in [7, 11) is 0. The van der Waals surface area contributed by atoms with Crippen molar-refractivity contribution in [3.05, 3.63) is 41.5 Å². The highest BCUT2D eigenvalue weighted by atomic mass is 16.5. The first-order valence-corrected chi connectivity index (χ1v) is 5.27. The Morgan fingerprint density at radius 3 is 2.75 bits per heavy atom. The molecule has 86 valence electrons. The lowest BCUT2D eigenvalue weighted by atomic mass is 10.1. The van der Waals surface area contributed by atoms with Crippen molar-refractivity contribution in [1.29, 1.82) is 0 Å². The molecule has 0 heterocycles. The fraction of sp³-hybridized carbons (Fsp3) is 0.308. The fourth-order valence-electron chi connectivity index (χ4n) is 1.34. The average molecular weight is 220 g/mol. The summed E-state index contributed by atoms with van der Waals surface area (Å²) in [5.74, 6) is -0.210. The molecule has 0 saturated carbocycles. The number of benzene rings is 1. The second kappa shape index (κ2) is 5.95. The van der Waals surface area contributed by atoms with E-state index in [0.29, 0.717) is 23.5 Å². The summed E-state index contributed by atoms with van der Waals surface area (Å²) in [6, 6.07) is 4.98. The predicted molar refractivity (Wildman–Crippen MR) is 63.1 cm³/mol. The van der Waals surface area contributed by atoms with Crippen LogP contribution in [0.1, 0.15) is 29.3 Å². The van der Waals surface area contributed by atoms with E-state index in [4.69, 9.17) is 9.84 Å². The van der Waals surface area contributed by atoms with E-state index >= 15 is 0 Å². The monoisotopic (exact) mass is 220 g/mol. The van der Waals surface area contributed by atoms with Crippen molar-refractivity contribution < 1.29 is 14.6 Å². The Kier molecular flexibility index (Phi) is 4.58. The van der Waals surface area contributed by atoms with Crippen molar-refractivity contribution in [3.63, 3.8) is 0 Å². The maximum absolute atomic E-state index is 10.8. The number of carbonyl (C=O) groups is 1. The Hall–Kier alpha value is -1.77. The molecule has 0 aliphatic carbocycles. The lowest BCUT2D eigenvalue weighted by Crippen LogP contribution is -2.00. The van der Waals surface area contributed by atoms with Crippen LogP contribution in [-0.4, -0.2) is 17.7 Å². The minimum absolute atomic E-state index is 0.316. The summed E-state index contributed by atoms with van der Waals surface area (Å²) in [4.78, 5) is 10.8. The van der Waals surface area contributed by atoms with E-state index in [2.05, 4.69) is 6.92 Å². The molecule has 0 aliphatic rings. The van der Waals surface area contributed by atoms with Gasteiger partial charge in [-0.15, -0.1) is 0 Å². The first-order chi connectivity index (χ1) is 7.65. The summed E-state index contributed by atoms with van der Waals surface area (Å²) in [6.45, 7) is 4.33. The second-order valence-electron chi connectivity index (χ2n) is 3.47. The molecular formula is C13H16O3. The van der Waals surface area contributed by atoms with Gasteiger partial charge in [-0.1, -0.05) is 19.1 Å². The van der Waals surface area contributed by atoms with Gasteiger partial charge in [-0.3, -0.25) is 0 Å². The Morgan fingerprint density at radius 1 is 1.44 bits per heavy atom. The zero-order valence-corrected chi connectivity index (χ0v) is 9.56. The number of hydrogen-bond donors (Lipinski definition) is 1. The van der Waals surface area contributed by atoms with Crippen molar-refractivity contribution in [3.8, 4) is 5.75 Å². The Labute approximate surface area is 95.4 Å². The van der Waals surface area contributed by atoms with Crippen molar-refractivity contribution in [2.75, 3.05) is 6.61 Å². The van der Waals surface area contributed by atoms with E-state index in [1.807, 2.05) is 12.2 Å². The molecule has 0 amide bonds. The molecule has 0 atom stereocenters. The Balaban J connectivity index is 2.66. The number of aryl methyl sites for hydroxylation is 1. The van der Waals surface area contributed by atoms with Crippen LogP contribution in [-0.2, 0) is 0 Å². The lowest BCUT2D eigenvalue weighted by molar-refractivity contribution is 0.0696. The van der Waals surface area contributed by atoms with Gasteiger partial charge in [-0.25, -0.2) is 4.79 Å². The fourth-order valence-corrected chi connectivity index (χ4v) is 1.34. The SMILES string of the molecule is CCC=CCOc1ccc(C(=O)O)c(C)c1. The van der Waals surface area contributed by atoms with Crippen LogP contribution in [0.3, 0.4) is 0 Å². The number of hydrogen-bond acceptors (Lipinski definition) is 2. The maximum Gasteiger partial charge on any atom is 0.335 e. The zero-order chi connectivity index (χ0) is 12.0. The van der Waals surface area contributed by atoms with Crippen LogP contribution >= 0.6 is 0 Å². The summed E-state index contributed by atoms with van der Waals surface area (Å²) in [6.07, 6.45) is 4.96. The largest absolute Gasteiger partial charge is 0.490 e. The van der Waals surface area contributed by atoms with Crippen molar-refractivity contribution in [2.24, 2.45) is 0 Å². The first-order valence-electron chi connectivity index (χ1n) is 5.27. The Bertz CT molecular complexity index is 394. The minimum Gasteiger partial charge on any atom is -0.490 e. The molecule has 0 spiro atoms. The molecule has 1 aromatic rings. The number of aromatic carboxylic acids is 1. The van der Waals surface area contributed by atoms with Crippen LogP contribution < -0.4 is 4.74 Å². The minimum atomic E-state index is -0.907. The van der Waals surface area contributed by atoms with Gasteiger partial charge in [0.1, 0.15) is 12.4 Å². The summed E-state index contributed by atoms with van der Waals surface area (Å²) < 4.78 is 5.44. The third-order valence-electron chi connectivity index (χ3n) is 2.18. The molecule has 1 rings (SSSR count). The molecule has 0 radical (unpaired) electrons. The van der Waals surface area contributed by atoms with E-state index < -0.39 is 5.97 Å². The number of ether oxygens (including phenoxy) is 1. The lowest BCUT2D eigenvalue weighted by Gasteiger charge is -2.06. The van der Waals surface area contributed by atoms with Gasteiger partial charge in [0.2, 0.25) is 0 Å². The van der Waals surface area contributed by atoms with E-state index in [1.54, 1.807) is 25.1 Å². The van der Waals surface area contributed by atoms with Gasteiger partial charge in [0.25, 0.3) is 0 Å². The van der Waals surface area contributed by atoms with Crippen LogP contribution in [0.4, 0.5) is 0 Å². The first kappa shape index (κ1) is 12.3. The normalized spacial score (nSPS) is 10.6. The topological polar surface area (TPSA) is 46.5 Å². The van der Waals surface area contributed by atoms with Crippen molar-refractivity contribution in [2.45, 2.75) is 20.3 Å². The van der Waals surface area contributed by atoms with Gasteiger partial charge in [-0.2, -0.15) is 0 Å². The maximum atomic E-state index is 10.8. The quantitative estimate of drug-likeness (QED) is 0.776. The van der Waals surface area contributed by atoms with Gasteiger partial charge in [0, 0.05) is 0 Å². The van der Waals surface area contributed by atoms with Crippen LogP contribution in [0.2, 0.25) is 0 Å². The van der Waals surface area contributed by atoms with E-state index in [1.165, 1.54) is 0 Å². The molecule has 16 heavy (non-hydrogen) atoms. The molecule has 3 nitrogen and oxygen atoms in total. The van der Waals surface area contributed by atoms with Gasteiger partial charge >= 0.3 is 5.97 Å². The highest BCUT2D eigenvalue weighted by Crippen LogP contribution is 2.17. The van der Waals surface area contributed by atoms with Crippen molar-refractivity contribution >= 4 is 5.97 Å². The number of carboxylic acids is 1. The molecule has 0 saturated heterocycles. The molecular weight excluding hydrogens is 204 g/mol. The van der Waals surface area contributed by atoms with E-state index in [-0.39, 0.29) is 0 Å². The number of carboxylic acid groups (broad SMARTS) is 1. The standard InChI is InChI=1S/C13H16O3/c1-3-4-5-8-16-11-6-7-12(13(14)15)10(2)9-11/h4-7,9H,3,8H2,1-2H3,(H,14,15). The highest BCUT2D eigenvalue weighted by molar-refractivity contribution is 5.89. The number of allylic oxidation sites excluding steroid dienone is 1. The third-order valence-corrected chi connectivity index (χ3v) is 2.18. The predicted octanol–water partition coefficient (Wildman–Crippen LogP) is 3.04. The molecule has 0 aliphatic heterocycles. The molecule has 1 N–H and O–H groups in total. The molecule has 0 aromatic heterocycles. The smallest absolute Gasteiger partial charge is 0.335 e. The number of rotatable bonds is 5. The summed E-state index contributed by atoms with van der Waals surface area (Å²) in [5, 5.41) is 8.85. The van der Waals surface area contributed by atoms with Gasteiger partial charge in [0.15, 0.2) is 0 Å². The molecule has 0 fully saturated rings. The molecule has 0 unspecified atom stereocenters. The summed E-state index contributed by atoms with van der Waals surface area (Å²) >= 11 is 0. The van der Waals surface area contributed by atoms with Crippen LogP contribution in [0.25, 0.3) is 0 Å². The van der Waals surface area contributed by atoms with Gasteiger partial charge < -0.3 is 9.84 Å². The molecule has 1 aromatic carbocycles. The van der Waals surface area contributed by atoms with Gasteiger partial charge in [0.05, 0.1) is 5.56 Å². The average Bonchev–Trinajstić information content (AvgIpc) is 2.24. The van der Waals surface area contributed by atoms with Crippen LogP contribution in [0.15, 0.2) is 30.4 Å². The second-order valence-corrected chi connectivity index (χ2v) is 3.47. The van der Waals surface area contributed by atoms with Crippen molar-refractivity contribution in [1.82, 2.24) is 0 Å². The third kappa shape index (κ3) is 3.42. The molecule has 0 bridgehead atoms. The van der Waals surface area contributed by atoms with E-state index in [0.717, 1.165) is 6.42 Å². The summed E-state index contributed by atoms with van der Waals surface area (Å²) in [5.41, 5.74) is 1.03. The van der Waals surface area contributed by atoms with E-state index in [9.17, 15) is 4.79 Å². The highest BCUT2D eigenvalue weighted by Gasteiger charge is 2.06. The zero-order valence-electron chi connectivity index (χ0n) is 9.56. The van der Waals surface area contributed by atoms with Gasteiger partial charge in [-0.05, 0) is 37.1 Å².